The van der Waals surface area contributed by atoms with Crippen molar-refractivity contribution in [3.05, 3.63) is 58.7 Å². The number of rotatable bonds is 4. The molecule has 2 aromatic rings. The topological polar surface area (TPSA) is 66.0 Å². The standard InChI is InChI=1S/C16H12BN2O2/c1-11-7-15(5-3-13(11)9-18)20-17-21-16-6-4-14(10-19)12(2)8-16/h3-8H,1-2H3. The summed E-state index contributed by atoms with van der Waals surface area (Å²) in [7, 11) is 1.22. The van der Waals surface area contributed by atoms with Gasteiger partial charge < -0.3 is 9.31 Å². The molecule has 0 N–H and O–H groups in total. The second kappa shape index (κ2) is 6.50. The number of benzene rings is 2. The zero-order valence-corrected chi connectivity index (χ0v) is 11.8. The van der Waals surface area contributed by atoms with Gasteiger partial charge in [0, 0.05) is 0 Å². The van der Waals surface area contributed by atoms with Crippen LogP contribution in [-0.4, -0.2) is 7.69 Å². The fourth-order valence-electron chi connectivity index (χ4n) is 1.80. The Morgan fingerprint density at radius 2 is 1.24 bits per heavy atom. The molecule has 0 aliphatic carbocycles. The molecular formula is C16H12BN2O2. The van der Waals surface area contributed by atoms with Gasteiger partial charge in [0.05, 0.1) is 23.3 Å². The Hall–Kier alpha value is -2.92. The Kier molecular flexibility index (Phi) is 4.48. The predicted octanol–water partition coefficient (Wildman–Crippen LogP) is 3.04. The van der Waals surface area contributed by atoms with E-state index in [1.54, 1.807) is 36.4 Å². The summed E-state index contributed by atoms with van der Waals surface area (Å²) < 4.78 is 10.7. The van der Waals surface area contributed by atoms with E-state index in [2.05, 4.69) is 12.1 Å². The van der Waals surface area contributed by atoms with Gasteiger partial charge in [-0.05, 0) is 61.4 Å². The van der Waals surface area contributed by atoms with Gasteiger partial charge in [-0.1, -0.05) is 0 Å². The van der Waals surface area contributed by atoms with Crippen molar-refractivity contribution in [2.75, 3.05) is 0 Å². The Bertz CT molecular complexity index is 681. The number of aryl methyl sites for hydroxylation is 2. The predicted molar refractivity (Wildman–Crippen MR) is 78.8 cm³/mol. The Balaban J connectivity index is 1.96. The van der Waals surface area contributed by atoms with Crippen molar-refractivity contribution in [1.29, 1.82) is 10.5 Å². The van der Waals surface area contributed by atoms with Gasteiger partial charge in [-0.2, -0.15) is 10.5 Å². The molecule has 0 bridgehead atoms. The zero-order valence-electron chi connectivity index (χ0n) is 11.8. The first-order chi connectivity index (χ1) is 10.1. The van der Waals surface area contributed by atoms with Crippen molar-refractivity contribution in [2.24, 2.45) is 0 Å². The second-order valence-corrected chi connectivity index (χ2v) is 4.51. The van der Waals surface area contributed by atoms with Crippen LogP contribution in [0.4, 0.5) is 0 Å². The molecule has 0 aliphatic heterocycles. The van der Waals surface area contributed by atoms with Crippen LogP contribution < -0.4 is 9.31 Å². The Morgan fingerprint density at radius 1 is 0.810 bits per heavy atom. The maximum Gasteiger partial charge on any atom is 0.658 e. The van der Waals surface area contributed by atoms with E-state index in [4.69, 9.17) is 19.8 Å². The maximum absolute atomic E-state index is 8.86. The molecule has 0 aromatic heterocycles. The molecule has 21 heavy (non-hydrogen) atoms. The van der Waals surface area contributed by atoms with Crippen LogP contribution in [0.25, 0.3) is 0 Å². The average Bonchev–Trinajstić information content (AvgIpc) is 2.48. The van der Waals surface area contributed by atoms with E-state index >= 15 is 0 Å². The molecule has 0 aliphatic rings. The van der Waals surface area contributed by atoms with Crippen LogP contribution in [0.1, 0.15) is 22.3 Å². The molecule has 0 spiro atoms. The molecule has 0 amide bonds. The van der Waals surface area contributed by atoms with Gasteiger partial charge in [0.1, 0.15) is 11.5 Å². The summed E-state index contributed by atoms with van der Waals surface area (Å²) in [5.74, 6) is 1.19. The highest BCUT2D eigenvalue weighted by molar-refractivity contribution is 6.20. The highest BCUT2D eigenvalue weighted by Crippen LogP contribution is 2.18. The fourth-order valence-corrected chi connectivity index (χ4v) is 1.80. The van der Waals surface area contributed by atoms with Crippen molar-refractivity contribution in [3.8, 4) is 23.6 Å². The van der Waals surface area contributed by atoms with E-state index in [9.17, 15) is 0 Å². The molecule has 2 aromatic carbocycles. The summed E-state index contributed by atoms with van der Waals surface area (Å²) in [6, 6.07) is 14.5. The summed E-state index contributed by atoms with van der Waals surface area (Å²) >= 11 is 0. The lowest BCUT2D eigenvalue weighted by Gasteiger charge is -2.08. The summed E-state index contributed by atoms with van der Waals surface area (Å²) in [5, 5.41) is 17.7. The third kappa shape index (κ3) is 3.55. The first kappa shape index (κ1) is 14.5. The number of nitriles is 2. The third-order valence-electron chi connectivity index (χ3n) is 3.01. The van der Waals surface area contributed by atoms with Crippen LogP contribution in [0, 0.1) is 36.5 Å². The van der Waals surface area contributed by atoms with Gasteiger partial charge in [-0.3, -0.25) is 0 Å². The molecule has 0 atom stereocenters. The summed E-state index contributed by atoms with van der Waals surface area (Å²) in [4.78, 5) is 0. The van der Waals surface area contributed by atoms with Gasteiger partial charge in [-0.15, -0.1) is 0 Å². The number of hydrogen-bond donors (Lipinski definition) is 0. The zero-order chi connectivity index (χ0) is 15.2. The van der Waals surface area contributed by atoms with Crippen LogP contribution in [0.3, 0.4) is 0 Å². The van der Waals surface area contributed by atoms with Gasteiger partial charge in [0.2, 0.25) is 0 Å². The van der Waals surface area contributed by atoms with Crippen molar-refractivity contribution < 1.29 is 9.31 Å². The molecule has 2 rings (SSSR count). The van der Waals surface area contributed by atoms with Crippen molar-refractivity contribution >= 4 is 7.69 Å². The SMILES string of the molecule is Cc1cc(O[B]Oc2ccc(C#N)c(C)c2)ccc1C#N. The molecule has 0 saturated heterocycles. The number of nitrogens with zero attached hydrogens (tertiary/aromatic N) is 2. The minimum Gasteiger partial charge on any atom is -0.526 e. The van der Waals surface area contributed by atoms with E-state index in [-0.39, 0.29) is 0 Å². The van der Waals surface area contributed by atoms with Crippen LogP contribution in [0.5, 0.6) is 11.5 Å². The van der Waals surface area contributed by atoms with Crippen LogP contribution in [-0.2, 0) is 0 Å². The lowest BCUT2D eigenvalue weighted by atomic mass is 10.1. The Morgan fingerprint density at radius 3 is 1.57 bits per heavy atom. The quantitative estimate of drug-likeness (QED) is 0.804. The van der Waals surface area contributed by atoms with Gasteiger partial charge >= 0.3 is 7.69 Å². The first-order valence-corrected chi connectivity index (χ1v) is 6.30. The third-order valence-corrected chi connectivity index (χ3v) is 3.01. The minimum atomic E-state index is 0.594. The molecule has 101 valence electrons. The van der Waals surface area contributed by atoms with Crippen LogP contribution >= 0.6 is 0 Å². The van der Waals surface area contributed by atoms with E-state index in [0.29, 0.717) is 22.6 Å². The number of hydrogen-bond acceptors (Lipinski definition) is 4. The van der Waals surface area contributed by atoms with Gasteiger partial charge in [0.25, 0.3) is 0 Å². The van der Waals surface area contributed by atoms with E-state index in [0.717, 1.165) is 11.1 Å². The van der Waals surface area contributed by atoms with Crippen molar-refractivity contribution in [3.63, 3.8) is 0 Å². The normalized spacial score (nSPS) is 9.33. The van der Waals surface area contributed by atoms with Crippen LogP contribution in [0.2, 0.25) is 0 Å². The van der Waals surface area contributed by atoms with Gasteiger partial charge in [0.15, 0.2) is 0 Å². The summed E-state index contributed by atoms with van der Waals surface area (Å²) in [6.07, 6.45) is 0. The molecule has 5 heteroatoms. The van der Waals surface area contributed by atoms with Crippen LogP contribution in [0.15, 0.2) is 36.4 Å². The molecule has 1 radical (unpaired) electrons. The van der Waals surface area contributed by atoms with Crippen molar-refractivity contribution in [2.45, 2.75) is 13.8 Å². The van der Waals surface area contributed by atoms with E-state index in [1.165, 1.54) is 7.69 Å². The first-order valence-electron chi connectivity index (χ1n) is 6.30. The van der Waals surface area contributed by atoms with E-state index < -0.39 is 0 Å². The largest absolute Gasteiger partial charge is 0.658 e. The van der Waals surface area contributed by atoms with Crippen molar-refractivity contribution in [1.82, 2.24) is 0 Å². The molecule has 4 nitrogen and oxygen atoms in total. The lowest BCUT2D eigenvalue weighted by Crippen LogP contribution is -2.11. The highest BCUT2D eigenvalue weighted by Gasteiger charge is 2.05. The molecule has 0 saturated carbocycles. The second-order valence-electron chi connectivity index (χ2n) is 4.51. The summed E-state index contributed by atoms with van der Waals surface area (Å²) in [6.45, 7) is 3.69. The minimum absolute atomic E-state index is 0.594. The Labute approximate surface area is 124 Å². The average molecular weight is 275 g/mol. The monoisotopic (exact) mass is 275 g/mol. The highest BCUT2D eigenvalue weighted by atomic mass is 16.6. The molecular weight excluding hydrogens is 263 g/mol. The maximum atomic E-state index is 8.86. The molecule has 0 unspecified atom stereocenters. The smallest absolute Gasteiger partial charge is 0.526 e. The fraction of sp³-hybridized carbons (Fsp3) is 0.125. The molecule has 0 heterocycles. The van der Waals surface area contributed by atoms with E-state index in [1.807, 2.05) is 13.8 Å². The lowest BCUT2D eigenvalue weighted by molar-refractivity contribution is 0.458. The molecule has 0 fully saturated rings. The van der Waals surface area contributed by atoms with Gasteiger partial charge in [-0.25, -0.2) is 0 Å². The summed E-state index contributed by atoms with van der Waals surface area (Å²) in [5.41, 5.74) is 2.92.